The average molecular weight is 509 g/mol. The smallest absolute Gasteiger partial charge is 0.237 e. The van der Waals surface area contributed by atoms with Crippen molar-refractivity contribution in [3.8, 4) is 0 Å². The van der Waals surface area contributed by atoms with Crippen molar-refractivity contribution >= 4 is 29.1 Å². The maximum atomic E-state index is 13.4. The Morgan fingerprint density at radius 3 is 2.62 bits per heavy atom. The van der Waals surface area contributed by atoms with Crippen molar-refractivity contribution in [1.82, 2.24) is 15.6 Å². The van der Waals surface area contributed by atoms with E-state index in [1.807, 2.05) is 24.3 Å². The fourth-order valence-corrected chi connectivity index (χ4v) is 5.07. The van der Waals surface area contributed by atoms with Crippen LogP contribution < -0.4 is 16.4 Å². The van der Waals surface area contributed by atoms with Gasteiger partial charge in [0, 0.05) is 29.7 Å². The topological polar surface area (TPSA) is 120 Å². The van der Waals surface area contributed by atoms with E-state index < -0.39 is 23.6 Å². The van der Waals surface area contributed by atoms with Crippen LogP contribution in [-0.2, 0) is 10.3 Å². The number of hydrogen-bond donors (Lipinski definition) is 5. The summed E-state index contributed by atoms with van der Waals surface area (Å²) in [4.78, 5) is 17.7. The van der Waals surface area contributed by atoms with Gasteiger partial charge in [0.25, 0.3) is 0 Å². The second-order valence-electron chi connectivity index (χ2n) is 10.2. The monoisotopic (exact) mass is 508 g/mol. The number of aromatic nitrogens is 1. The Balaban J connectivity index is 2.07. The molecule has 0 spiro atoms. The number of aliphatic hydroxyl groups is 2. The van der Waals surface area contributed by atoms with E-state index in [0.29, 0.717) is 16.6 Å². The lowest BCUT2D eigenvalue weighted by Gasteiger charge is -2.39. The molecule has 1 aromatic carbocycles. The van der Waals surface area contributed by atoms with Gasteiger partial charge in [0.05, 0.1) is 24.3 Å². The Morgan fingerprint density at radius 1 is 1.29 bits per heavy atom. The first kappa shape index (κ1) is 26.9. The molecule has 2 aromatic rings. The minimum atomic E-state index is -0.984. The van der Waals surface area contributed by atoms with Gasteiger partial charge in [0.2, 0.25) is 5.91 Å². The summed E-state index contributed by atoms with van der Waals surface area (Å²) in [5, 5.41) is 26.0. The number of pyridine rings is 1. The van der Waals surface area contributed by atoms with Gasteiger partial charge < -0.3 is 26.6 Å². The largest absolute Gasteiger partial charge is 0.394 e. The number of nitrogens with one attached hydrogen (secondary N) is 2. The first-order valence-electron chi connectivity index (χ1n) is 11.4. The number of nitrogens with two attached hydrogens (primary N) is 1. The molecule has 0 bridgehead atoms. The molecule has 186 valence electrons. The van der Waals surface area contributed by atoms with Crippen LogP contribution in [-0.4, -0.2) is 52.4 Å². The number of amides is 1. The van der Waals surface area contributed by atoms with Crippen molar-refractivity contribution in [2.24, 2.45) is 11.1 Å². The standard InChI is InChI=1S/C25H34Cl2N4O3/c1-24(2,3)12-19-25(28,16-7-8-20(27)30-13-16)21(15-5-4-6-17(26)11-15)22(31-19)23(34)29-10-9-18(33)14-32/h4-8,11,13,18-19,21-22,31-33H,9-10,12,14,28H2,1-3H3,(H,29,34)/t18-,19-,21-,22+,25+/m0/s1. The number of aliphatic hydroxyl groups excluding tert-OH is 2. The van der Waals surface area contributed by atoms with E-state index in [4.69, 9.17) is 34.0 Å². The second kappa shape index (κ2) is 10.9. The molecule has 2 heterocycles. The Morgan fingerprint density at radius 2 is 2.03 bits per heavy atom. The molecule has 1 saturated heterocycles. The van der Waals surface area contributed by atoms with Crippen LogP contribution in [0.15, 0.2) is 42.6 Å². The van der Waals surface area contributed by atoms with Crippen LogP contribution >= 0.6 is 23.2 Å². The van der Waals surface area contributed by atoms with Crippen LogP contribution in [0, 0.1) is 5.41 Å². The summed E-state index contributed by atoms with van der Waals surface area (Å²) in [5.41, 5.74) is 7.85. The maximum absolute atomic E-state index is 13.4. The zero-order valence-electron chi connectivity index (χ0n) is 19.8. The molecule has 0 radical (unpaired) electrons. The predicted molar refractivity (Wildman–Crippen MR) is 135 cm³/mol. The zero-order valence-corrected chi connectivity index (χ0v) is 21.3. The van der Waals surface area contributed by atoms with E-state index in [2.05, 4.69) is 36.4 Å². The van der Waals surface area contributed by atoms with E-state index in [-0.39, 0.29) is 36.9 Å². The van der Waals surface area contributed by atoms with Crippen molar-refractivity contribution < 1.29 is 15.0 Å². The molecule has 0 aliphatic carbocycles. The molecular formula is C25H34Cl2N4O3. The van der Waals surface area contributed by atoms with Crippen LogP contribution in [0.1, 0.15) is 50.7 Å². The molecule has 7 nitrogen and oxygen atoms in total. The van der Waals surface area contributed by atoms with Gasteiger partial charge in [-0.15, -0.1) is 0 Å². The fraction of sp³-hybridized carbons (Fsp3) is 0.520. The molecule has 0 saturated carbocycles. The molecule has 1 aromatic heterocycles. The minimum absolute atomic E-state index is 0.0718. The summed E-state index contributed by atoms with van der Waals surface area (Å²) >= 11 is 12.4. The summed E-state index contributed by atoms with van der Waals surface area (Å²) in [6.45, 7) is 6.27. The number of nitrogens with zero attached hydrogens (tertiary/aromatic N) is 1. The lowest BCUT2D eigenvalue weighted by molar-refractivity contribution is -0.123. The van der Waals surface area contributed by atoms with Gasteiger partial charge in [0.15, 0.2) is 0 Å². The maximum Gasteiger partial charge on any atom is 0.237 e. The van der Waals surface area contributed by atoms with Crippen molar-refractivity contribution in [3.05, 3.63) is 63.9 Å². The first-order chi connectivity index (χ1) is 16.0. The highest BCUT2D eigenvalue weighted by Crippen LogP contribution is 2.48. The molecule has 1 aliphatic rings. The number of benzene rings is 1. The predicted octanol–water partition coefficient (Wildman–Crippen LogP) is 2.96. The average Bonchev–Trinajstić information content (AvgIpc) is 3.05. The highest BCUT2D eigenvalue weighted by atomic mass is 35.5. The SMILES string of the molecule is CC(C)(C)C[C@@H]1N[C@@H](C(=O)NCC[C@H](O)CO)[C@H](c2cccc(Cl)c2)[C@@]1(N)c1ccc(Cl)nc1. The molecule has 1 amide bonds. The van der Waals surface area contributed by atoms with Crippen molar-refractivity contribution in [2.45, 2.75) is 63.3 Å². The molecule has 0 unspecified atom stereocenters. The summed E-state index contributed by atoms with van der Waals surface area (Å²) < 4.78 is 0. The molecule has 34 heavy (non-hydrogen) atoms. The van der Waals surface area contributed by atoms with Crippen LogP contribution in [0.25, 0.3) is 0 Å². The zero-order chi connectivity index (χ0) is 25.1. The van der Waals surface area contributed by atoms with E-state index in [9.17, 15) is 9.90 Å². The molecule has 9 heteroatoms. The van der Waals surface area contributed by atoms with Gasteiger partial charge >= 0.3 is 0 Å². The van der Waals surface area contributed by atoms with Gasteiger partial charge in [-0.2, -0.15) is 0 Å². The first-order valence-corrected chi connectivity index (χ1v) is 12.2. The Labute approximate surface area is 211 Å². The van der Waals surface area contributed by atoms with Crippen LogP contribution in [0.5, 0.6) is 0 Å². The highest BCUT2D eigenvalue weighted by molar-refractivity contribution is 6.30. The number of rotatable bonds is 8. The molecule has 3 rings (SSSR count). The van der Waals surface area contributed by atoms with Gasteiger partial charge in [-0.05, 0) is 47.6 Å². The summed E-state index contributed by atoms with van der Waals surface area (Å²) in [6, 6.07) is 10.1. The van der Waals surface area contributed by atoms with Gasteiger partial charge in [-0.25, -0.2) is 4.98 Å². The van der Waals surface area contributed by atoms with Gasteiger partial charge in [-0.3, -0.25) is 4.79 Å². The Hall–Kier alpha value is -1.74. The lowest BCUT2D eigenvalue weighted by atomic mass is 9.69. The Bertz CT molecular complexity index is 983. The number of carbonyl (C=O) groups excluding carboxylic acids is 1. The summed E-state index contributed by atoms with van der Waals surface area (Å²) in [5.74, 6) is -0.687. The molecule has 1 fully saturated rings. The quantitative estimate of drug-likeness (QED) is 0.349. The third-order valence-corrected chi connectivity index (χ3v) is 6.79. The van der Waals surface area contributed by atoms with Crippen molar-refractivity contribution in [1.29, 1.82) is 0 Å². The second-order valence-corrected chi connectivity index (χ2v) is 11.0. The minimum Gasteiger partial charge on any atom is -0.394 e. The third kappa shape index (κ3) is 6.08. The van der Waals surface area contributed by atoms with Gasteiger partial charge in [-0.1, -0.05) is 62.2 Å². The Kier molecular flexibility index (Phi) is 8.61. The van der Waals surface area contributed by atoms with Crippen LogP contribution in [0.2, 0.25) is 10.2 Å². The molecular weight excluding hydrogens is 475 g/mol. The van der Waals surface area contributed by atoms with E-state index in [1.54, 1.807) is 18.3 Å². The molecule has 6 N–H and O–H groups in total. The highest BCUT2D eigenvalue weighted by Gasteiger charge is 2.57. The fourth-order valence-electron chi connectivity index (χ4n) is 4.75. The van der Waals surface area contributed by atoms with E-state index in [0.717, 1.165) is 11.1 Å². The lowest BCUT2D eigenvalue weighted by Crippen LogP contribution is -2.51. The summed E-state index contributed by atoms with van der Waals surface area (Å²) in [6.07, 6.45) is 1.74. The number of halogens is 2. The van der Waals surface area contributed by atoms with E-state index >= 15 is 0 Å². The molecule has 1 aliphatic heterocycles. The van der Waals surface area contributed by atoms with Crippen molar-refractivity contribution in [3.63, 3.8) is 0 Å². The molecule has 5 atom stereocenters. The van der Waals surface area contributed by atoms with Crippen LogP contribution in [0.3, 0.4) is 0 Å². The summed E-state index contributed by atoms with van der Waals surface area (Å²) in [7, 11) is 0. The number of carbonyl (C=O) groups is 1. The van der Waals surface area contributed by atoms with Crippen molar-refractivity contribution in [2.75, 3.05) is 13.2 Å². The third-order valence-electron chi connectivity index (χ3n) is 6.33. The van der Waals surface area contributed by atoms with E-state index in [1.165, 1.54) is 0 Å². The number of hydrogen-bond acceptors (Lipinski definition) is 6. The normalized spacial score (nSPS) is 25.8. The van der Waals surface area contributed by atoms with Gasteiger partial charge in [0.1, 0.15) is 5.15 Å². The van der Waals surface area contributed by atoms with Crippen LogP contribution in [0.4, 0.5) is 0 Å².